The first kappa shape index (κ1) is 18.5. The van der Waals surface area contributed by atoms with Gasteiger partial charge >= 0.3 is 0 Å². The number of aliphatic imine (C=N–C) groups is 1. The molecule has 0 spiro atoms. The van der Waals surface area contributed by atoms with E-state index in [-0.39, 0.29) is 0 Å². The zero-order chi connectivity index (χ0) is 18.6. The van der Waals surface area contributed by atoms with E-state index < -0.39 is 0 Å². The van der Waals surface area contributed by atoms with Crippen LogP contribution < -0.4 is 10.6 Å². The minimum atomic E-state index is 0.507. The molecule has 0 amide bonds. The molecule has 1 saturated heterocycles. The van der Waals surface area contributed by atoms with Crippen LogP contribution in [0.25, 0.3) is 0 Å². The maximum Gasteiger partial charge on any atom is 0.139 e. The number of hydrogen-bond acceptors (Lipinski definition) is 6. The summed E-state index contributed by atoms with van der Waals surface area (Å²) in [5.41, 5.74) is 3.33. The first-order chi connectivity index (χ1) is 13.2. The Morgan fingerprint density at radius 1 is 1.30 bits per heavy atom. The predicted molar refractivity (Wildman–Crippen MR) is 114 cm³/mol. The number of unbranched alkanes of at least 4 members (excludes halogenated alkanes) is 1. The molecule has 0 radical (unpaired) electrons. The van der Waals surface area contributed by atoms with E-state index in [4.69, 9.17) is 9.73 Å². The molecular weight excluding hydrogens is 356 g/mol. The van der Waals surface area contributed by atoms with Gasteiger partial charge in [0.25, 0.3) is 0 Å². The van der Waals surface area contributed by atoms with Gasteiger partial charge in [0.05, 0.1) is 16.9 Å². The first-order valence-electron chi connectivity index (χ1n) is 9.77. The Bertz CT molecular complexity index is 816. The second-order valence-corrected chi connectivity index (χ2v) is 8.52. The van der Waals surface area contributed by atoms with Crippen LogP contribution in [0.5, 0.6) is 0 Å². The monoisotopic (exact) mass is 384 g/mol. The Labute approximate surface area is 165 Å². The maximum atomic E-state index is 5.18. The largest absolute Gasteiger partial charge is 0.385 e. The summed E-state index contributed by atoms with van der Waals surface area (Å²) in [6, 6.07) is 11.1. The molecule has 27 heavy (non-hydrogen) atoms. The fraction of sp³-hybridized carbons (Fsp3) is 0.476. The van der Waals surface area contributed by atoms with E-state index in [1.54, 1.807) is 18.4 Å². The lowest BCUT2D eigenvalue weighted by Crippen LogP contribution is -2.52. The number of anilines is 2. The summed E-state index contributed by atoms with van der Waals surface area (Å²) in [6.07, 6.45) is 3.50. The zero-order valence-electron chi connectivity index (χ0n) is 16.1. The van der Waals surface area contributed by atoms with Gasteiger partial charge in [-0.15, -0.1) is 11.3 Å². The summed E-state index contributed by atoms with van der Waals surface area (Å²) in [4.78, 5) is 8.88. The Morgan fingerprint density at radius 2 is 2.19 bits per heavy atom. The highest BCUT2D eigenvalue weighted by atomic mass is 32.1. The van der Waals surface area contributed by atoms with E-state index in [1.165, 1.54) is 28.3 Å². The van der Waals surface area contributed by atoms with Crippen LogP contribution >= 0.6 is 11.3 Å². The average molecular weight is 385 g/mol. The van der Waals surface area contributed by atoms with Crippen LogP contribution in [0, 0.1) is 6.92 Å². The molecule has 2 aromatic rings. The highest BCUT2D eigenvalue weighted by Crippen LogP contribution is 2.39. The van der Waals surface area contributed by atoms with E-state index in [0.29, 0.717) is 6.04 Å². The Hall–Kier alpha value is -1.89. The Balaban J connectivity index is 1.58. The van der Waals surface area contributed by atoms with Gasteiger partial charge in [0.1, 0.15) is 10.8 Å². The summed E-state index contributed by atoms with van der Waals surface area (Å²) >= 11 is 1.81. The van der Waals surface area contributed by atoms with Gasteiger partial charge in [-0.1, -0.05) is 12.1 Å². The Kier molecular flexibility index (Phi) is 5.76. The quantitative estimate of drug-likeness (QED) is 0.756. The molecule has 0 saturated carbocycles. The predicted octanol–water partition coefficient (Wildman–Crippen LogP) is 4.28. The van der Waals surface area contributed by atoms with Crippen LogP contribution in [0.2, 0.25) is 0 Å². The summed E-state index contributed by atoms with van der Waals surface area (Å²) in [5.74, 6) is 1.11. The van der Waals surface area contributed by atoms with Gasteiger partial charge in [0.15, 0.2) is 0 Å². The highest BCUT2D eigenvalue weighted by molar-refractivity contribution is 7.16. The Morgan fingerprint density at radius 3 is 3.07 bits per heavy atom. The third-order valence-corrected chi connectivity index (χ3v) is 6.15. The van der Waals surface area contributed by atoms with Crippen LogP contribution in [-0.4, -0.2) is 50.1 Å². The molecule has 1 aromatic heterocycles. The van der Waals surface area contributed by atoms with Gasteiger partial charge in [-0.3, -0.25) is 0 Å². The number of nitrogens with zero attached hydrogens (tertiary/aromatic N) is 2. The van der Waals surface area contributed by atoms with Gasteiger partial charge in [-0.2, -0.15) is 0 Å². The number of thiophene rings is 1. The van der Waals surface area contributed by atoms with E-state index in [2.05, 4.69) is 52.8 Å². The number of ether oxygens (including phenoxy) is 1. The number of nitrogens with one attached hydrogen (secondary N) is 2. The van der Waals surface area contributed by atoms with Crippen LogP contribution in [0.15, 0.2) is 35.3 Å². The van der Waals surface area contributed by atoms with Gasteiger partial charge in [-0.05, 0) is 44.4 Å². The number of aryl methyl sites for hydroxylation is 1. The molecule has 2 aliphatic rings. The third-order valence-electron chi connectivity index (χ3n) is 5.18. The molecule has 144 valence electrons. The van der Waals surface area contributed by atoms with E-state index in [9.17, 15) is 0 Å². The first-order valence-corrected chi connectivity index (χ1v) is 10.6. The van der Waals surface area contributed by atoms with Crippen molar-refractivity contribution in [2.75, 3.05) is 38.7 Å². The summed E-state index contributed by atoms with van der Waals surface area (Å²) in [5, 5.41) is 8.48. The number of amidine groups is 1. The lowest BCUT2D eigenvalue weighted by Gasteiger charge is -2.35. The number of benzene rings is 1. The number of hydrogen-bond donors (Lipinski definition) is 2. The highest BCUT2D eigenvalue weighted by Gasteiger charge is 2.27. The number of piperazine rings is 1. The number of fused-ring (bicyclic) bond motifs is 2. The summed E-state index contributed by atoms with van der Waals surface area (Å²) < 4.78 is 5.18. The van der Waals surface area contributed by atoms with Crippen LogP contribution in [0.1, 0.15) is 29.7 Å². The normalized spacial score (nSPS) is 19.0. The second-order valence-electron chi connectivity index (χ2n) is 7.26. The second kappa shape index (κ2) is 8.42. The molecule has 1 aromatic carbocycles. The van der Waals surface area contributed by atoms with Crippen molar-refractivity contribution >= 4 is 33.5 Å². The minimum absolute atomic E-state index is 0.507. The molecule has 0 unspecified atom stereocenters. The SMILES string of the molecule is COCCCC[C@H]1CN(C2=Nc3ccccc3Nc3sc(C)cc32)CCN1. The molecule has 2 aliphatic heterocycles. The molecule has 4 rings (SSSR count). The molecule has 5 nitrogen and oxygen atoms in total. The van der Waals surface area contributed by atoms with Gasteiger partial charge in [0.2, 0.25) is 0 Å². The molecule has 0 bridgehead atoms. The van der Waals surface area contributed by atoms with Crippen molar-refractivity contribution < 1.29 is 4.74 Å². The third kappa shape index (κ3) is 4.18. The summed E-state index contributed by atoms with van der Waals surface area (Å²) in [6.45, 7) is 6.01. The smallest absolute Gasteiger partial charge is 0.139 e. The van der Waals surface area contributed by atoms with Gasteiger partial charge in [-0.25, -0.2) is 4.99 Å². The fourth-order valence-electron chi connectivity index (χ4n) is 3.84. The topological polar surface area (TPSA) is 48.9 Å². The van der Waals surface area contributed by atoms with Crippen molar-refractivity contribution in [1.82, 2.24) is 10.2 Å². The molecular formula is C21H28N4OS. The van der Waals surface area contributed by atoms with Crippen LogP contribution in [0.4, 0.5) is 16.4 Å². The van der Waals surface area contributed by atoms with Crippen molar-refractivity contribution in [2.45, 2.75) is 32.2 Å². The summed E-state index contributed by atoms with van der Waals surface area (Å²) in [7, 11) is 1.77. The number of methoxy groups -OCH3 is 1. The van der Waals surface area contributed by atoms with Crippen LogP contribution in [0.3, 0.4) is 0 Å². The van der Waals surface area contributed by atoms with E-state index in [0.717, 1.165) is 49.9 Å². The van der Waals surface area contributed by atoms with Crippen molar-refractivity contribution in [3.8, 4) is 0 Å². The zero-order valence-corrected chi connectivity index (χ0v) is 16.9. The van der Waals surface area contributed by atoms with Crippen molar-refractivity contribution in [1.29, 1.82) is 0 Å². The van der Waals surface area contributed by atoms with Crippen LogP contribution in [-0.2, 0) is 4.74 Å². The number of para-hydroxylation sites is 2. The molecule has 1 atom stereocenters. The van der Waals surface area contributed by atoms with Crippen molar-refractivity contribution in [2.24, 2.45) is 4.99 Å². The lowest BCUT2D eigenvalue weighted by molar-refractivity contribution is 0.188. The fourth-order valence-corrected chi connectivity index (χ4v) is 4.76. The minimum Gasteiger partial charge on any atom is -0.385 e. The lowest BCUT2D eigenvalue weighted by atomic mass is 10.1. The molecule has 2 N–H and O–H groups in total. The van der Waals surface area contributed by atoms with Crippen molar-refractivity contribution in [3.63, 3.8) is 0 Å². The van der Waals surface area contributed by atoms with Gasteiger partial charge < -0.3 is 20.3 Å². The average Bonchev–Trinajstić information content (AvgIpc) is 2.97. The van der Waals surface area contributed by atoms with E-state index >= 15 is 0 Å². The molecule has 1 fully saturated rings. The standard InChI is InChI=1S/C21H28N4OS/c1-15-13-17-20(23-18-8-3-4-9-19(18)24-21(17)27-15)25-11-10-22-16(14-25)7-5-6-12-26-2/h3-4,8-9,13,16,22,24H,5-7,10-12,14H2,1-2H3/t16-/m0/s1. The molecule has 6 heteroatoms. The van der Waals surface area contributed by atoms with E-state index in [1.807, 2.05) is 0 Å². The van der Waals surface area contributed by atoms with Gasteiger partial charge in [0, 0.05) is 44.3 Å². The molecule has 0 aliphatic carbocycles. The number of rotatable bonds is 5. The maximum absolute atomic E-state index is 5.18. The molecule has 3 heterocycles. The van der Waals surface area contributed by atoms with Crippen molar-refractivity contribution in [3.05, 3.63) is 40.8 Å².